The fraction of sp³-hybridized carbons (Fsp3) is 0.800. The first-order valence-electron chi connectivity index (χ1n) is 4.62. The summed E-state index contributed by atoms with van der Waals surface area (Å²) < 4.78 is 0. The van der Waals surface area contributed by atoms with E-state index in [0.717, 1.165) is 6.42 Å². The van der Waals surface area contributed by atoms with Gasteiger partial charge in [0.15, 0.2) is 0 Å². The lowest BCUT2D eigenvalue weighted by Crippen LogP contribution is -2.17. The van der Waals surface area contributed by atoms with E-state index in [1.165, 1.54) is 24.8 Å². The summed E-state index contributed by atoms with van der Waals surface area (Å²) in [5, 5.41) is 9.62. The van der Waals surface area contributed by atoms with E-state index in [-0.39, 0.29) is 6.10 Å². The van der Waals surface area contributed by atoms with Crippen molar-refractivity contribution in [2.24, 2.45) is 5.92 Å². The summed E-state index contributed by atoms with van der Waals surface area (Å²) in [6, 6.07) is 0. The highest BCUT2D eigenvalue weighted by atomic mass is 16.3. The number of aliphatic hydroxyl groups is 1. The van der Waals surface area contributed by atoms with Gasteiger partial charge in [-0.3, -0.25) is 0 Å². The van der Waals surface area contributed by atoms with Crippen molar-refractivity contribution >= 4 is 0 Å². The van der Waals surface area contributed by atoms with Gasteiger partial charge in [-0.2, -0.15) is 0 Å². The minimum absolute atomic E-state index is 0.0938. The number of aliphatic hydroxyl groups excluding tert-OH is 1. The van der Waals surface area contributed by atoms with E-state index in [2.05, 4.69) is 19.9 Å². The van der Waals surface area contributed by atoms with Crippen LogP contribution < -0.4 is 0 Å². The first kappa shape index (κ1) is 8.79. The smallest absolute Gasteiger partial charge is 0.0602 e. The van der Waals surface area contributed by atoms with Crippen molar-refractivity contribution < 1.29 is 5.11 Å². The maximum absolute atomic E-state index is 9.62. The lowest BCUT2D eigenvalue weighted by atomic mass is 9.94. The minimum Gasteiger partial charge on any atom is -0.393 e. The second-order valence-electron chi connectivity index (χ2n) is 3.34. The van der Waals surface area contributed by atoms with E-state index in [1.807, 2.05) is 0 Å². The molecule has 0 aliphatic heterocycles. The lowest BCUT2D eigenvalue weighted by Gasteiger charge is -2.17. The molecule has 1 aliphatic carbocycles. The Balaban J connectivity index is 2.56. The van der Waals surface area contributed by atoms with E-state index < -0.39 is 0 Å². The van der Waals surface area contributed by atoms with Gasteiger partial charge in [0.25, 0.3) is 0 Å². The van der Waals surface area contributed by atoms with Crippen LogP contribution >= 0.6 is 0 Å². The van der Waals surface area contributed by atoms with Gasteiger partial charge >= 0.3 is 0 Å². The number of allylic oxidation sites excluding steroid dienone is 1. The molecular weight excluding hydrogens is 136 g/mol. The normalized spacial score (nSPS) is 31.2. The van der Waals surface area contributed by atoms with Gasteiger partial charge in [0.05, 0.1) is 6.10 Å². The topological polar surface area (TPSA) is 20.2 Å². The highest BCUT2D eigenvalue weighted by molar-refractivity contribution is 5.11. The zero-order chi connectivity index (χ0) is 8.27. The van der Waals surface area contributed by atoms with E-state index >= 15 is 0 Å². The zero-order valence-electron chi connectivity index (χ0n) is 7.51. The highest BCUT2D eigenvalue weighted by Crippen LogP contribution is 2.34. The van der Waals surface area contributed by atoms with Gasteiger partial charge < -0.3 is 5.11 Å². The van der Waals surface area contributed by atoms with Crippen molar-refractivity contribution in [3.63, 3.8) is 0 Å². The minimum atomic E-state index is -0.0938. The van der Waals surface area contributed by atoms with Gasteiger partial charge in [0.1, 0.15) is 0 Å². The molecule has 64 valence electrons. The quantitative estimate of drug-likeness (QED) is 0.606. The standard InChI is InChI=1S/C10H18O/c1-3-8-6-5-7-9(8)10(11)4-2/h3,9-11H,4-7H2,1-2H3/b8-3+. The van der Waals surface area contributed by atoms with Crippen LogP contribution in [0.5, 0.6) is 0 Å². The average Bonchev–Trinajstić information content (AvgIpc) is 2.50. The van der Waals surface area contributed by atoms with Gasteiger partial charge in [-0.15, -0.1) is 0 Å². The zero-order valence-corrected chi connectivity index (χ0v) is 7.51. The summed E-state index contributed by atoms with van der Waals surface area (Å²) in [6.45, 7) is 4.13. The third kappa shape index (κ3) is 1.84. The van der Waals surface area contributed by atoms with E-state index in [1.54, 1.807) is 0 Å². The van der Waals surface area contributed by atoms with Gasteiger partial charge in [0, 0.05) is 5.92 Å². The second kappa shape index (κ2) is 3.91. The molecular formula is C10H18O. The third-order valence-corrected chi connectivity index (χ3v) is 2.71. The van der Waals surface area contributed by atoms with Crippen LogP contribution in [0.3, 0.4) is 0 Å². The predicted molar refractivity (Wildman–Crippen MR) is 47.4 cm³/mol. The Morgan fingerprint density at radius 2 is 2.45 bits per heavy atom. The largest absolute Gasteiger partial charge is 0.393 e. The third-order valence-electron chi connectivity index (χ3n) is 2.71. The lowest BCUT2D eigenvalue weighted by molar-refractivity contribution is 0.123. The van der Waals surface area contributed by atoms with Gasteiger partial charge in [0.2, 0.25) is 0 Å². The summed E-state index contributed by atoms with van der Waals surface area (Å²) in [7, 11) is 0. The van der Waals surface area contributed by atoms with Crippen molar-refractivity contribution in [3.8, 4) is 0 Å². The van der Waals surface area contributed by atoms with E-state index in [4.69, 9.17) is 0 Å². The van der Waals surface area contributed by atoms with Crippen molar-refractivity contribution in [1.82, 2.24) is 0 Å². The van der Waals surface area contributed by atoms with Gasteiger partial charge in [-0.05, 0) is 32.6 Å². The Hall–Kier alpha value is -0.300. The summed E-state index contributed by atoms with van der Waals surface area (Å²) in [5.41, 5.74) is 1.47. The molecule has 0 amide bonds. The second-order valence-corrected chi connectivity index (χ2v) is 3.34. The van der Waals surface area contributed by atoms with Crippen LogP contribution in [0.15, 0.2) is 11.6 Å². The van der Waals surface area contributed by atoms with Gasteiger partial charge in [-0.1, -0.05) is 18.6 Å². The van der Waals surface area contributed by atoms with Crippen LogP contribution in [0.1, 0.15) is 39.5 Å². The molecule has 0 saturated heterocycles. The molecule has 1 fully saturated rings. The summed E-state index contributed by atoms with van der Waals surface area (Å²) in [5.74, 6) is 0.477. The Morgan fingerprint density at radius 1 is 1.73 bits per heavy atom. The molecule has 0 radical (unpaired) electrons. The number of hydrogen-bond acceptors (Lipinski definition) is 1. The molecule has 1 aliphatic rings. The molecule has 11 heavy (non-hydrogen) atoms. The molecule has 0 aromatic rings. The van der Waals surface area contributed by atoms with Crippen LogP contribution in [0, 0.1) is 5.92 Å². The van der Waals surface area contributed by atoms with Crippen molar-refractivity contribution in [1.29, 1.82) is 0 Å². The van der Waals surface area contributed by atoms with Crippen LogP contribution in [-0.4, -0.2) is 11.2 Å². The molecule has 0 aromatic carbocycles. The SMILES string of the molecule is C/C=C1\CCCC1C(O)CC. The van der Waals surface area contributed by atoms with Crippen molar-refractivity contribution in [2.75, 3.05) is 0 Å². The Bertz CT molecular complexity index is 149. The van der Waals surface area contributed by atoms with E-state index in [0.29, 0.717) is 5.92 Å². The molecule has 0 spiro atoms. The molecule has 2 unspecified atom stereocenters. The monoisotopic (exact) mass is 154 g/mol. The first-order chi connectivity index (χ1) is 5.29. The fourth-order valence-electron chi connectivity index (χ4n) is 1.98. The van der Waals surface area contributed by atoms with Crippen LogP contribution in [0.4, 0.5) is 0 Å². The molecule has 0 heterocycles. The van der Waals surface area contributed by atoms with Crippen LogP contribution in [0.2, 0.25) is 0 Å². The molecule has 1 N–H and O–H groups in total. The van der Waals surface area contributed by atoms with Crippen LogP contribution in [0.25, 0.3) is 0 Å². The molecule has 1 heteroatoms. The first-order valence-corrected chi connectivity index (χ1v) is 4.62. The highest BCUT2D eigenvalue weighted by Gasteiger charge is 2.25. The molecule has 0 bridgehead atoms. The molecule has 1 nitrogen and oxygen atoms in total. The fourth-order valence-corrected chi connectivity index (χ4v) is 1.98. The van der Waals surface area contributed by atoms with Gasteiger partial charge in [-0.25, -0.2) is 0 Å². The Morgan fingerprint density at radius 3 is 3.00 bits per heavy atom. The number of rotatable bonds is 2. The predicted octanol–water partition coefficient (Wildman–Crippen LogP) is 2.50. The molecule has 1 saturated carbocycles. The summed E-state index contributed by atoms with van der Waals surface area (Å²) in [6.07, 6.45) is 6.64. The van der Waals surface area contributed by atoms with Crippen LogP contribution in [-0.2, 0) is 0 Å². The Kier molecular flexibility index (Phi) is 3.13. The molecule has 1 rings (SSSR count). The maximum atomic E-state index is 9.62. The summed E-state index contributed by atoms with van der Waals surface area (Å²) in [4.78, 5) is 0. The molecule has 0 aromatic heterocycles. The summed E-state index contributed by atoms with van der Waals surface area (Å²) >= 11 is 0. The van der Waals surface area contributed by atoms with Crippen molar-refractivity contribution in [3.05, 3.63) is 11.6 Å². The average molecular weight is 154 g/mol. The van der Waals surface area contributed by atoms with E-state index in [9.17, 15) is 5.11 Å². The molecule has 2 atom stereocenters. The Labute approximate surface area is 69.1 Å². The van der Waals surface area contributed by atoms with Crippen molar-refractivity contribution in [2.45, 2.75) is 45.6 Å². The maximum Gasteiger partial charge on any atom is 0.0602 e. The number of hydrogen-bond donors (Lipinski definition) is 1.